The van der Waals surface area contributed by atoms with E-state index < -0.39 is 6.04 Å². The van der Waals surface area contributed by atoms with Crippen LogP contribution in [0, 0.1) is 0 Å². The lowest BCUT2D eigenvalue weighted by Gasteiger charge is -2.31. The van der Waals surface area contributed by atoms with Gasteiger partial charge >= 0.3 is 0 Å². The molecule has 0 aromatic heterocycles. The second-order valence-electron chi connectivity index (χ2n) is 6.65. The number of rotatable bonds is 9. The first-order chi connectivity index (χ1) is 13.5. The van der Waals surface area contributed by atoms with Crippen molar-refractivity contribution in [3.8, 4) is 0 Å². The van der Waals surface area contributed by atoms with Crippen LogP contribution in [0.15, 0.2) is 48.5 Å². The SMILES string of the molecule is CCCNC(=O)[C@@H](CC)N(Cc1ccc(Cl)c(Cl)c1)C(=O)Cc1ccccc1. The molecule has 0 heterocycles. The molecule has 0 radical (unpaired) electrons. The van der Waals surface area contributed by atoms with E-state index in [0.717, 1.165) is 17.5 Å². The molecule has 2 rings (SSSR count). The van der Waals surface area contributed by atoms with Gasteiger partial charge in [0.15, 0.2) is 0 Å². The van der Waals surface area contributed by atoms with Crippen LogP contribution >= 0.6 is 23.2 Å². The van der Waals surface area contributed by atoms with E-state index in [9.17, 15) is 9.59 Å². The third kappa shape index (κ3) is 6.25. The molecule has 0 aliphatic rings. The van der Waals surface area contributed by atoms with Gasteiger partial charge in [0.25, 0.3) is 0 Å². The van der Waals surface area contributed by atoms with Crippen LogP contribution in [-0.2, 0) is 22.6 Å². The van der Waals surface area contributed by atoms with Crippen molar-refractivity contribution in [2.75, 3.05) is 6.54 Å². The molecule has 0 fully saturated rings. The molecule has 1 N–H and O–H groups in total. The molecule has 0 aliphatic carbocycles. The average Bonchev–Trinajstić information content (AvgIpc) is 2.69. The number of hydrogen-bond acceptors (Lipinski definition) is 2. The normalized spacial score (nSPS) is 11.7. The van der Waals surface area contributed by atoms with Crippen LogP contribution in [0.5, 0.6) is 0 Å². The largest absolute Gasteiger partial charge is 0.354 e. The molecule has 150 valence electrons. The Bertz CT molecular complexity index is 796. The Balaban J connectivity index is 2.28. The van der Waals surface area contributed by atoms with Crippen molar-refractivity contribution >= 4 is 35.0 Å². The number of amides is 2. The Morgan fingerprint density at radius 3 is 2.32 bits per heavy atom. The van der Waals surface area contributed by atoms with E-state index in [1.165, 1.54) is 0 Å². The molecule has 4 nitrogen and oxygen atoms in total. The summed E-state index contributed by atoms with van der Waals surface area (Å²) in [5.74, 6) is -0.235. The van der Waals surface area contributed by atoms with Crippen LogP contribution in [-0.4, -0.2) is 29.3 Å². The molecule has 6 heteroatoms. The minimum absolute atomic E-state index is 0.101. The summed E-state index contributed by atoms with van der Waals surface area (Å²) in [6.07, 6.45) is 1.60. The van der Waals surface area contributed by atoms with E-state index in [2.05, 4.69) is 5.32 Å². The van der Waals surface area contributed by atoms with Gasteiger partial charge in [0, 0.05) is 13.1 Å². The summed E-state index contributed by atoms with van der Waals surface area (Å²) in [5.41, 5.74) is 1.74. The zero-order valence-electron chi connectivity index (χ0n) is 16.3. The lowest BCUT2D eigenvalue weighted by Crippen LogP contribution is -2.49. The summed E-state index contributed by atoms with van der Waals surface area (Å²) < 4.78 is 0. The van der Waals surface area contributed by atoms with Crippen LogP contribution in [0.3, 0.4) is 0 Å². The second-order valence-corrected chi connectivity index (χ2v) is 7.46. The molecule has 2 aromatic carbocycles. The average molecular weight is 421 g/mol. The summed E-state index contributed by atoms with van der Waals surface area (Å²) in [4.78, 5) is 27.5. The Hall–Kier alpha value is -2.04. The fourth-order valence-electron chi connectivity index (χ4n) is 2.99. The fraction of sp³-hybridized carbons (Fsp3) is 0.364. The smallest absolute Gasteiger partial charge is 0.242 e. The fourth-order valence-corrected chi connectivity index (χ4v) is 3.31. The Kier molecular flexibility index (Phi) is 8.81. The van der Waals surface area contributed by atoms with E-state index in [1.54, 1.807) is 17.0 Å². The number of halogens is 2. The minimum atomic E-state index is -0.544. The van der Waals surface area contributed by atoms with Gasteiger partial charge < -0.3 is 10.2 Å². The Labute approximate surface area is 176 Å². The molecule has 0 unspecified atom stereocenters. The summed E-state index contributed by atoms with van der Waals surface area (Å²) in [7, 11) is 0. The number of nitrogens with zero attached hydrogens (tertiary/aromatic N) is 1. The second kappa shape index (κ2) is 11.1. The molecule has 0 bridgehead atoms. The van der Waals surface area contributed by atoms with Crippen molar-refractivity contribution in [2.45, 2.75) is 45.7 Å². The summed E-state index contributed by atoms with van der Waals surface area (Å²) >= 11 is 12.1. The predicted molar refractivity (Wildman–Crippen MR) is 115 cm³/mol. The maximum atomic E-state index is 13.1. The van der Waals surface area contributed by atoms with Gasteiger partial charge in [0.2, 0.25) is 11.8 Å². The molecular formula is C22H26Cl2N2O2. The number of carbonyl (C=O) groups is 2. The maximum absolute atomic E-state index is 13.1. The van der Waals surface area contributed by atoms with Gasteiger partial charge in [0.05, 0.1) is 16.5 Å². The molecule has 0 saturated carbocycles. The number of benzene rings is 2. The van der Waals surface area contributed by atoms with E-state index in [4.69, 9.17) is 23.2 Å². The molecule has 2 aromatic rings. The zero-order chi connectivity index (χ0) is 20.5. The van der Waals surface area contributed by atoms with E-state index >= 15 is 0 Å². The molecule has 2 amide bonds. The lowest BCUT2D eigenvalue weighted by molar-refractivity contribution is -0.140. The van der Waals surface area contributed by atoms with Crippen molar-refractivity contribution in [3.63, 3.8) is 0 Å². The van der Waals surface area contributed by atoms with Gasteiger partial charge in [-0.1, -0.05) is 73.4 Å². The highest BCUT2D eigenvalue weighted by Gasteiger charge is 2.28. The quantitative estimate of drug-likeness (QED) is 0.628. The van der Waals surface area contributed by atoms with Crippen LogP contribution < -0.4 is 5.32 Å². The van der Waals surface area contributed by atoms with E-state index in [-0.39, 0.29) is 18.2 Å². The summed E-state index contributed by atoms with van der Waals surface area (Å²) in [5, 5.41) is 3.80. The van der Waals surface area contributed by atoms with Crippen molar-refractivity contribution in [1.29, 1.82) is 0 Å². The maximum Gasteiger partial charge on any atom is 0.242 e. The lowest BCUT2D eigenvalue weighted by atomic mass is 10.1. The van der Waals surface area contributed by atoms with Crippen LogP contribution in [0.25, 0.3) is 0 Å². The van der Waals surface area contributed by atoms with Gasteiger partial charge in [-0.05, 0) is 36.1 Å². The summed E-state index contributed by atoms with van der Waals surface area (Å²) in [6, 6.07) is 14.3. The van der Waals surface area contributed by atoms with E-state index in [0.29, 0.717) is 29.6 Å². The number of hydrogen-bond donors (Lipinski definition) is 1. The van der Waals surface area contributed by atoms with Crippen molar-refractivity contribution < 1.29 is 9.59 Å². The monoisotopic (exact) mass is 420 g/mol. The first-order valence-corrected chi connectivity index (χ1v) is 10.3. The highest BCUT2D eigenvalue weighted by atomic mass is 35.5. The van der Waals surface area contributed by atoms with Gasteiger partial charge in [-0.2, -0.15) is 0 Å². The van der Waals surface area contributed by atoms with Gasteiger partial charge in [-0.25, -0.2) is 0 Å². The number of carbonyl (C=O) groups excluding carboxylic acids is 2. The Morgan fingerprint density at radius 1 is 1.00 bits per heavy atom. The van der Waals surface area contributed by atoms with Crippen LogP contribution in [0.1, 0.15) is 37.8 Å². The minimum Gasteiger partial charge on any atom is -0.354 e. The first kappa shape index (κ1) is 22.3. The van der Waals surface area contributed by atoms with Crippen molar-refractivity contribution in [3.05, 3.63) is 69.7 Å². The van der Waals surface area contributed by atoms with Gasteiger partial charge in [-0.15, -0.1) is 0 Å². The molecule has 0 spiro atoms. The summed E-state index contributed by atoms with van der Waals surface area (Å²) in [6.45, 7) is 4.78. The van der Waals surface area contributed by atoms with E-state index in [1.807, 2.05) is 50.2 Å². The zero-order valence-corrected chi connectivity index (χ0v) is 17.8. The van der Waals surface area contributed by atoms with Crippen molar-refractivity contribution in [2.24, 2.45) is 0 Å². The van der Waals surface area contributed by atoms with Crippen LogP contribution in [0.4, 0.5) is 0 Å². The third-order valence-corrected chi connectivity index (χ3v) is 5.21. The standard InChI is InChI=1S/C22H26Cl2N2O2/c1-3-12-25-22(28)20(4-2)26(15-17-10-11-18(23)19(24)13-17)21(27)14-16-8-6-5-7-9-16/h5-11,13,20H,3-4,12,14-15H2,1-2H3,(H,25,28)/t20-/m1/s1. The third-order valence-electron chi connectivity index (χ3n) is 4.47. The topological polar surface area (TPSA) is 49.4 Å². The first-order valence-electron chi connectivity index (χ1n) is 9.51. The number of nitrogens with one attached hydrogen (secondary N) is 1. The van der Waals surface area contributed by atoms with Gasteiger partial charge in [-0.3, -0.25) is 9.59 Å². The predicted octanol–water partition coefficient (Wildman–Crippen LogP) is 4.87. The Morgan fingerprint density at radius 2 is 1.71 bits per heavy atom. The van der Waals surface area contributed by atoms with Gasteiger partial charge in [0.1, 0.15) is 6.04 Å². The molecule has 0 aliphatic heterocycles. The highest BCUT2D eigenvalue weighted by molar-refractivity contribution is 6.42. The molecule has 1 atom stereocenters. The highest BCUT2D eigenvalue weighted by Crippen LogP contribution is 2.24. The molecular weight excluding hydrogens is 395 g/mol. The van der Waals surface area contributed by atoms with Crippen molar-refractivity contribution in [1.82, 2.24) is 10.2 Å². The molecule has 28 heavy (non-hydrogen) atoms. The molecule has 0 saturated heterocycles. The van der Waals surface area contributed by atoms with Crippen LogP contribution in [0.2, 0.25) is 10.0 Å².